The molecule has 0 aliphatic carbocycles. The number of rotatable bonds is 3. The molecule has 3 rings (SSSR count). The third-order valence-corrected chi connectivity index (χ3v) is 4.20. The van der Waals surface area contributed by atoms with E-state index in [1.54, 1.807) is 12.1 Å². The van der Waals surface area contributed by atoms with Gasteiger partial charge in [-0.2, -0.15) is 0 Å². The summed E-state index contributed by atoms with van der Waals surface area (Å²) in [7, 11) is 0. The van der Waals surface area contributed by atoms with Crippen LogP contribution in [-0.4, -0.2) is 37.0 Å². The second-order valence-corrected chi connectivity index (χ2v) is 5.66. The molecule has 1 aliphatic heterocycles. The Morgan fingerprint density at radius 2 is 1.52 bits per heavy atom. The quantitative estimate of drug-likeness (QED) is 0.930. The van der Waals surface area contributed by atoms with Gasteiger partial charge in [0.25, 0.3) is 5.91 Å². The summed E-state index contributed by atoms with van der Waals surface area (Å²) in [6.45, 7) is 7.30. The van der Waals surface area contributed by atoms with Crippen LogP contribution in [0.5, 0.6) is 0 Å². The van der Waals surface area contributed by atoms with Crippen molar-refractivity contribution < 1.29 is 9.18 Å². The van der Waals surface area contributed by atoms with Crippen LogP contribution in [0.15, 0.2) is 48.5 Å². The van der Waals surface area contributed by atoms with Crippen molar-refractivity contribution in [3.8, 4) is 0 Å². The predicted molar refractivity (Wildman–Crippen MR) is 100 cm³/mol. The maximum atomic E-state index is 13.0. The molecule has 0 bridgehead atoms. The fraction of sp³-hybridized carbons (Fsp3) is 0.350. The van der Waals surface area contributed by atoms with Crippen molar-refractivity contribution in [3.63, 3.8) is 0 Å². The van der Waals surface area contributed by atoms with E-state index in [0.29, 0.717) is 25.2 Å². The molecule has 0 unspecified atom stereocenters. The molecule has 0 aromatic heterocycles. The van der Waals surface area contributed by atoms with E-state index in [4.69, 9.17) is 5.73 Å². The Kier molecular flexibility index (Phi) is 6.95. The Labute approximate surface area is 149 Å². The number of benzene rings is 2. The van der Waals surface area contributed by atoms with Crippen molar-refractivity contribution >= 4 is 11.6 Å². The number of carbonyl (C=O) groups is 1. The Morgan fingerprint density at radius 3 is 2.04 bits per heavy atom. The summed E-state index contributed by atoms with van der Waals surface area (Å²) in [6.07, 6.45) is 0. The molecule has 25 heavy (non-hydrogen) atoms. The van der Waals surface area contributed by atoms with Crippen molar-refractivity contribution in [2.45, 2.75) is 20.4 Å². The van der Waals surface area contributed by atoms with E-state index in [1.807, 2.05) is 43.0 Å². The first-order valence-electron chi connectivity index (χ1n) is 8.76. The smallest absolute Gasteiger partial charge is 0.253 e. The van der Waals surface area contributed by atoms with Gasteiger partial charge in [0.15, 0.2) is 0 Å². The van der Waals surface area contributed by atoms with E-state index >= 15 is 0 Å². The van der Waals surface area contributed by atoms with Gasteiger partial charge in [-0.05, 0) is 42.0 Å². The molecular weight excluding hydrogens is 317 g/mol. The van der Waals surface area contributed by atoms with Gasteiger partial charge in [-0.3, -0.25) is 4.79 Å². The zero-order valence-electron chi connectivity index (χ0n) is 14.9. The number of halogens is 1. The maximum absolute atomic E-state index is 13.0. The van der Waals surface area contributed by atoms with Gasteiger partial charge in [0.05, 0.1) is 0 Å². The Hall–Kier alpha value is -2.40. The van der Waals surface area contributed by atoms with Gasteiger partial charge in [-0.25, -0.2) is 4.39 Å². The van der Waals surface area contributed by atoms with Gasteiger partial charge in [0.2, 0.25) is 0 Å². The van der Waals surface area contributed by atoms with Crippen LogP contribution in [0.4, 0.5) is 10.1 Å². The number of hydrogen-bond acceptors (Lipinski definition) is 3. The van der Waals surface area contributed by atoms with E-state index in [-0.39, 0.29) is 11.7 Å². The largest absolute Gasteiger partial charge is 0.368 e. The fourth-order valence-electron chi connectivity index (χ4n) is 2.79. The van der Waals surface area contributed by atoms with E-state index < -0.39 is 0 Å². The second kappa shape index (κ2) is 9.18. The summed E-state index contributed by atoms with van der Waals surface area (Å²) in [4.78, 5) is 16.5. The highest BCUT2D eigenvalue weighted by Crippen LogP contribution is 2.18. The number of nitrogens with two attached hydrogens (primary N) is 1. The Morgan fingerprint density at radius 1 is 0.960 bits per heavy atom. The second-order valence-electron chi connectivity index (χ2n) is 5.66. The third-order valence-electron chi connectivity index (χ3n) is 4.20. The summed E-state index contributed by atoms with van der Waals surface area (Å²) >= 11 is 0. The number of hydrogen-bond donors (Lipinski definition) is 1. The minimum atomic E-state index is -0.233. The summed E-state index contributed by atoms with van der Waals surface area (Å²) in [6, 6.07) is 13.9. The van der Waals surface area contributed by atoms with Crippen LogP contribution < -0.4 is 10.6 Å². The van der Waals surface area contributed by atoms with Crippen LogP contribution >= 0.6 is 0 Å². The molecule has 1 aliphatic rings. The van der Waals surface area contributed by atoms with Crippen molar-refractivity contribution in [2.75, 3.05) is 31.1 Å². The van der Waals surface area contributed by atoms with Crippen molar-refractivity contribution in [1.82, 2.24) is 4.90 Å². The number of carbonyl (C=O) groups excluding carboxylic acids is 1. The monoisotopic (exact) mass is 343 g/mol. The van der Waals surface area contributed by atoms with Crippen LogP contribution in [-0.2, 0) is 6.54 Å². The first kappa shape index (κ1) is 18.9. The average Bonchev–Trinajstić information content (AvgIpc) is 2.70. The summed E-state index contributed by atoms with van der Waals surface area (Å²) in [5, 5.41) is 0. The van der Waals surface area contributed by atoms with E-state index in [1.165, 1.54) is 12.1 Å². The number of piperazine rings is 1. The maximum Gasteiger partial charge on any atom is 0.253 e. The van der Waals surface area contributed by atoms with Crippen LogP contribution in [0.1, 0.15) is 29.8 Å². The molecule has 1 saturated heterocycles. The van der Waals surface area contributed by atoms with E-state index in [2.05, 4.69) is 4.90 Å². The molecule has 1 fully saturated rings. The Bertz CT molecular complexity index is 662. The Balaban J connectivity index is 0.00000109. The zero-order chi connectivity index (χ0) is 18.2. The topological polar surface area (TPSA) is 49.6 Å². The summed E-state index contributed by atoms with van der Waals surface area (Å²) < 4.78 is 13.0. The van der Waals surface area contributed by atoms with Gasteiger partial charge in [-0.1, -0.05) is 26.0 Å². The summed E-state index contributed by atoms with van der Waals surface area (Å²) in [5.74, 6) is -0.184. The van der Waals surface area contributed by atoms with Gasteiger partial charge in [0.1, 0.15) is 5.82 Å². The highest BCUT2D eigenvalue weighted by atomic mass is 19.1. The highest BCUT2D eigenvalue weighted by Gasteiger charge is 2.22. The van der Waals surface area contributed by atoms with Crippen LogP contribution in [0.25, 0.3) is 0 Å². The molecule has 5 heteroatoms. The van der Waals surface area contributed by atoms with Crippen LogP contribution in [0.2, 0.25) is 0 Å². The first-order chi connectivity index (χ1) is 12.2. The molecule has 134 valence electrons. The van der Waals surface area contributed by atoms with Crippen molar-refractivity contribution in [2.24, 2.45) is 5.73 Å². The molecule has 0 saturated carbocycles. The number of anilines is 1. The van der Waals surface area contributed by atoms with E-state index in [9.17, 15) is 9.18 Å². The molecule has 4 nitrogen and oxygen atoms in total. The highest BCUT2D eigenvalue weighted by molar-refractivity contribution is 5.94. The molecule has 1 heterocycles. The molecule has 2 N–H and O–H groups in total. The molecule has 0 radical (unpaired) electrons. The normalized spacial score (nSPS) is 13.9. The standard InChI is InChI=1S/C18H20FN3O.C2H6/c19-16-5-7-17(8-6-16)21-9-11-22(12-10-21)18(23)15-3-1-14(13-20)2-4-15;1-2/h1-8H,9-13,20H2;1-2H3. The lowest BCUT2D eigenvalue weighted by Gasteiger charge is -2.36. The molecule has 1 amide bonds. The van der Waals surface area contributed by atoms with E-state index in [0.717, 1.165) is 24.3 Å². The van der Waals surface area contributed by atoms with Crippen LogP contribution in [0.3, 0.4) is 0 Å². The third kappa shape index (κ3) is 4.79. The molecule has 0 atom stereocenters. The SMILES string of the molecule is CC.NCc1ccc(C(=O)N2CCN(c3ccc(F)cc3)CC2)cc1. The van der Waals surface area contributed by atoms with Gasteiger partial charge in [0, 0.05) is 44.0 Å². The number of amides is 1. The lowest BCUT2D eigenvalue weighted by atomic mass is 10.1. The minimum absolute atomic E-state index is 0.0485. The van der Waals surface area contributed by atoms with Crippen molar-refractivity contribution in [1.29, 1.82) is 0 Å². The zero-order valence-corrected chi connectivity index (χ0v) is 14.9. The van der Waals surface area contributed by atoms with Gasteiger partial charge >= 0.3 is 0 Å². The first-order valence-corrected chi connectivity index (χ1v) is 8.76. The van der Waals surface area contributed by atoms with Gasteiger partial charge < -0.3 is 15.5 Å². The summed E-state index contributed by atoms with van der Waals surface area (Å²) in [5.41, 5.74) is 8.27. The minimum Gasteiger partial charge on any atom is -0.368 e. The van der Waals surface area contributed by atoms with Gasteiger partial charge in [-0.15, -0.1) is 0 Å². The molecule has 2 aromatic carbocycles. The predicted octanol–water partition coefficient (Wildman–Crippen LogP) is 3.27. The van der Waals surface area contributed by atoms with Crippen LogP contribution in [0, 0.1) is 5.82 Å². The number of nitrogens with zero attached hydrogens (tertiary/aromatic N) is 2. The lowest BCUT2D eigenvalue weighted by Crippen LogP contribution is -2.48. The lowest BCUT2D eigenvalue weighted by molar-refractivity contribution is 0.0747. The molecule has 2 aromatic rings. The fourth-order valence-corrected chi connectivity index (χ4v) is 2.79. The van der Waals surface area contributed by atoms with Crippen molar-refractivity contribution in [3.05, 3.63) is 65.5 Å². The molecule has 0 spiro atoms. The average molecular weight is 343 g/mol. The molecular formula is C20H26FN3O.